The topological polar surface area (TPSA) is 64.3 Å². The Bertz CT molecular complexity index is 472. The lowest BCUT2D eigenvalue weighted by Crippen LogP contribution is -2.59. The van der Waals surface area contributed by atoms with Gasteiger partial charge in [-0.15, -0.1) is 0 Å². The molecule has 0 radical (unpaired) electrons. The van der Waals surface area contributed by atoms with E-state index in [1.165, 1.54) is 0 Å². The molecule has 1 fully saturated rings. The number of anilines is 1. The molecule has 1 saturated carbocycles. The molecule has 1 aliphatic rings. The van der Waals surface area contributed by atoms with Crippen LogP contribution in [0.5, 0.6) is 0 Å². The van der Waals surface area contributed by atoms with Crippen molar-refractivity contribution in [1.29, 1.82) is 0 Å². The maximum absolute atomic E-state index is 11.1. The third-order valence-electron chi connectivity index (χ3n) is 4.62. The summed E-state index contributed by atoms with van der Waals surface area (Å²) in [7, 11) is 0. The van der Waals surface area contributed by atoms with E-state index in [2.05, 4.69) is 19.2 Å². The minimum absolute atomic E-state index is 0.165. The maximum atomic E-state index is 11.1. The largest absolute Gasteiger partial charge is 0.382 e. The van der Waals surface area contributed by atoms with E-state index in [9.17, 15) is 4.79 Å². The second kappa shape index (κ2) is 5.83. The summed E-state index contributed by atoms with van der Waals surface area (Å²) in [4.78, 5) is 11.1. The van der Waals surface area contributed by atoms with Crippen molar-refractivity contribution in [1.82, 2.24) is 0 Å². The normalized spacial score (nSPS) is 28.8. The molecule has 0 heterocycles. The zero-order valence-corrected chi connectivity index (χ0v) is 12.5. The van der Waals surface area contributed by atoms with Gasteiger partial charge in [-0.05, 0) is 44.0 Å². The molecule has 1 aromatic rings. The highest BCUT2D eigenvalue weighted by molar-refractivity contribution is 5.93. The number of hydrogen-bond donors (Lipinski definition) is 2. The summed E-state index contributed by atoms with van der Waals surface area (Å²) >= 11 is 0. The zero-order chi connectivity index (χ0) is 14.8. The van der Waals surface area contributed by atoms with Crippen molar-refractivity contribution >= 4 is 11.6 Å². The van der Waals surface area contributed by atoms with Crippen molar-refractivity contribution in [2.24, 2.45) is 11.1 Å². The average Bonchev–Trinajstić information content (AvgIpc) is 2.45. The second-order valence-electron chi connectivity index (χ2n) is 5.68. The van der Waals surface area contributed by atoms with Crippen molar-refractivity contribution in [2.45, 2.75) is 45.8 Å². The number of amides is 1. The average molecular weight is 276 g/mol. The molecule has 3 atom stereocenters. The number of hydrogen-bond acceptors (Lipinski definition) is 3. The fraction of sp³-hybridized carbons (Fsp3) is 0.562. The number of nitrogens with two attached hydrogens (primary N) is 1. The molecule has 1 aromatic carbocycles. The van der Waals surface area contributed by atoms with Crippen molar-refractivity contribution in [3.8, 4) is 0 Å². The minimum Gasteiger partial charge on any atom is -0.382 e. The van der Waals surface area contributed by atoms with Crippen LogP contribution in [0.2, 0.25) is 0 Å². The van der Waals surface area contributed by atoms with Gasteiger partial charge in [0.05, 0.1) is 6.10 Å². The molecule has 3 unspecified atom stereocenters. The van der Waals surface area contributed by atoms with Gasteiger partial charge in [0.1, 0.15) is 0 Å². The van der Waals surface area contributed by atoms with Gasteiger partial charge in [-0.2, -0.15) is 0 Å². The number of primary amides is 1. The molecule has 0 aliphatic heterocycles. The lowest BCUT2D eigenvalue weighted by Gasteiger charge is -2.54. The lowest BCUT2D eigenvalue weighted by atomic mass is 9.61. The predicted molar refractivity (Wildman–Crippen MR) is 80.8 cm³/mol. The van der Waals surface area contributed by atoms with Crippen molar-refractivity contribution in [3.05, 3.63) is 29.8 Å². The van der Waals surface area contributed by atoms with Gasteiger partial charge in [-0.1, -0.05) is 13.8 Å². The van der Waals surface area contributed by atoms with E-state index >= 15 is 0 Å². The number of rotatable bonds is 6. The van der Waals surface area contributed by atoms with Crippen LogP contribution in [-0.4, -0.2) is 24.7 Å². The van der Waals surface area contributed by atoms with Gasteiger partial charge in [0, 0.05) is 29.3 Å². The van der Waals surface area contributed by atoms with Crippen molar-refractivity contribution in [2.75, 3.05) is 11.9 Å². The van der Waals surface area contributed by atoms with Crippen LogP contribution in [0.15, 0.2) is 24.3 Å². The van der Waals surface area contributed by atoms with Gasteiger partial charge >= 0.3 is 0 Å². The van der Waals surface area contributed by atoms with E-state index in [0.717, 1.165) is 25.1 Å². The summed E-state index contributed by atoms with van der Waals surface area (Å²) in [5.74, 6) is -0.394. The molecule has 0 spiro atoms. The lowest BCUT2D eigenvalue weighted by molar-refractivity contribution is -0.109. The maximum Gasteiger partial charge on any atom is 0.248 e. The highest BCUT2D eigenvalue weighted by atomic mass is 16.5. The molecular weight excluding hydrogens is 252 g/mol. The Kier molecular flexibility index (Phi) is 4.33. The standard InChI is InChI=1S/C16H24N2O2/c1-4-16(3)13(10-14(16)20-5-2)18-12-8-6-11(7-9-12)15(17)19/h6-9,13-14,18H,4-5,10H2,1-3H3,(H2,17,19). The number of nitrogens with one attached hydrogen (secondary N) is 1. The van der Waals surface area contributed by atoms with Crippen LogP contribution >= 0.6 is 0 Å². The first kappa shape index (κ1) is 14.9. The van der Waals surface area contributed by atoms with Gasteiger partial charge in [0.25, 0.3) is 0 Å². The summed E-state index contributed by atoms with van der Waals surface area (Å²) in [6.07, 6.45) is 2.43. The molecule has 1 aliphatic carbocycles. The van der Waals surface area contributed by atoms with E-state index in [-0.39, 0.29) is 5.41 Å². The highest BCUT2D eigenvalue weighted by Gasteiger charge is 2.51. The third kappa shape index (κ3) is 2.66. The Balaban J connectivity index is 2.02. The summed E-state index contributed by atoms with van der Waals surface area (Å²) in [6, 6.07) is 7.73. The number of ether oxygens (including phenoxy) is 1. The third-order valence-corrected chi connectivity index (χ3v) is 4.62. The fourth-order valence-corrected chi connectivity index (χ4v) is 2.91. The van der Waals surface area contributed by atoms with E-state index < -0.39 is 5.91 Å². The molecule has 4 nitrogen and oxygen atoms in total. The minimum atomic E-state index is -0.394. The van der Waals surface area contributed by atoms with E-state index in [0.29, 0.717) is 17.7 Å². The Morgan fingerprint density at radius 3 is 2.55 bits per heavy atom. The molecule has 110 valence electrons. The number of benzene rings is 1. The first-order chi connectivity index (χ1) is 9.51. The van der Waals surface area contributed by atoms with Crippen LogP contribution in [0.1, 0.15) is 44.0 Å². The molecule has 2 rings (SSSR count). The summed E-state index contributed by atoms with van der Waals surface area (Å²) in [5, 5.41) is 3.54. The van der Waals surface area contributed by atoms with Crippen molar-refractivity contribution < 1.29 is 9.53 Å². The van der Waals surface area contributed by atoms with E-state index in [1.54, 1.807) is 12.1 Å². The van der Waals surface area contributed by atoms with E-state index in [4.69, 9.17) is 10.5 Å². The van der Waals surface area contributed by atoms with Gasteiger partial charge in [-0.3, -0.25) is 4.79 Å². The molecule has 20 heavy (non-hydrogen) atoms. The molecular formula is C16H24N2O2. The Morgan fingerprint density at radius 1 is 1.40 bits per heavy atom. The van der Waals surface area contributed by atoms with Crippen LogP contribution in [0.4, 0.5) is 5.69 Å². The zero-order valence-electron chi connectivity index (χ0n) is 12.5. The van der Waals surface area contributed by atoms with Crippen LogP contribution in [0.25, 0.3) is 0 Å². The van der Waals surface area contributed by atoms with Gasteiger partial charge < -0.3 is 15.8 Å². The predicted octanol–water partition coefficient (Wildman–Crippen LogP) is 2.79. The van der Waals surface area contributed by atoms with Crippen LogP contribution in [0.3, 0.4) is 0 Å². The molecule has 0 aromatic heterocycles. The Hall–Kier alpha value is -1.55. The summed E-state index contributed by atoms with van der Waals surface area (Å²) in [6.45, 7) is 7.28. The molecule has 4 heteroatoms. The Morgan fingerprint density at radius 2 is 2.05 bits per heavy atom. The molecule has 1 amide bonds. The van der Waals surface area contributed by atoms with Gasteiger partial charge in [0.2, 0.25) is 5.91 Å². The first-order valence-corrected chi connectivity index (χ1v) is 7.29. The molecule has 0 saturated heterocycles. The van der Waals surface area contributed by atoms with Crippen molar-refractivity contribution in [3.63, 3.8) is 0 Å². The van der Waals surface area contributed by atoms with Crippen LogP contribution in [-0.2, 0) is 4.74 Å². The fourth-order valence-electron chi connectivity index (χ4n) is 2.91. The SMILES string of the molecule is CCOC1CC(Nc2ccc(C(N)=O)cc2)C1(C)CC. The summed E-state index contributed by atoms with van der Waals surface area (Å²) < 4.78 is 5.80. The second-order valence-corrected chi connectivity index (χ2v) is 5.68. The van der Waals surface area contributed by atoms with Crippen LogP contribution < -0.4 is 11.1 Å². The Labute approximate surface area is 120 Å². The quantitative estimate of drug-likeness (QED) is 0.839. The van der Waals surface area contributed by atoms with E-state index in [1.807, 2.05) is 19.1 Å². The van der Waals surface area contributed by atoms with Crippen LogP contribution in [0, 0.1) is 5.41 Å². The number of carbonyl (C=O) groups is 1. The molecule has 0 bridgehead atoms. The highest BCUT2D eigenvalue weighted by Crippen LogP contribution is 2.47. The number of carbonyl (C=O) groups excluding carboxylic acids is 1. The molecule has 3 N–H and O–H groups in total. The first-order valence-electron chi connectivity index (χ1n) is 7.29. The van der Waals surface area contributed by atoms with Gasteiger partial charge in [0.15, 0.2) is 0 Å². The van der Waals surface area contributed by atoms with Gasteiger partial charge in [-0.25, -0.2) is 0 Å². The monoisotopic (exact) mass is 276 g/mol. The summed E-state index contributed by atoms with van der Waals surface area (Å²) in [5.41, 5.74) is 6.97. The smallest absolute Gasteiger partial charge is 0.248 e.